The number of alkyl halides is 3. The number of aliphatic hydroxyl groups is 1. The third kappa shape index (κ3) is 4.73. The van der Waals surface area contributed by atoms with Gasteiger partial charge in [-0.3, -0.25) is 9.59 Å². The van der Waals surface area contributed by atoms with Crippen molar-refractivity contribution in [3.63, 3.8) is 0 Å². The van der Waals surface area contributed by atoms with Crippen molar-refractivity contribution in [1.82, 2.24) is 5.32 Å². The molecule has 10 heteroatoms. The summed E-state index contributed by atoms with van der Waals surface area (Å²) in [6, 6.07) is 10.5. The Morgan fingerprint density at radius 3 is 2.32 bits per heavy atom. The minimum absolute atomic E-state index is 0.0595. The molecule has 1 atom stereocenters. The Bertz CT molecular complexity index is 862. The molecule has 0 radical (unpaired) electrons. The van der Waals surface area contributed by atoms with Crippen LogP contribution in [0.2, 0.25) is 5.02 Å². The van der Waals surface area contributed by atoms with E-state index in [1.54, 1.807) is 5.32 Å². The lowest BCUT2D eigenvalue weighted by Gasteiger charge is -2.31. The number of hydrogen-bond donors (Lipinski definition) is 3. The minimum atomic E-state index is -5.09. The molecule has 2 aromatic rings. The third-order valence-corrected chi connectivity index (χ3v) is 4.08. The number of nitrogens with one attached hydrogen (secondary N) is 2. The number of carbonyl (C=O) groups is 2. The predicted molar refractivity (Wildman–Crippen MR) is 96.0 cm³/mol. The maximum absolute atomic E-state index is 13.4. The molecular weight excluding hydrogens is 401 g/mol. The smallest absolute Gasteiger partial charge is 0.423 e. The zero-order valence-corrected chi connectivity index (χ0v) is 15.3. The van der Waals surface area contributed by atoms with E-state index in [0.717, 1.165) is 12.1 Å². The molecule has 2 amide bonds. The summed E-state index contributed by atoms with van der Waals surface area (Å²) < 4.78 is 45.2. The van der Waals surface area contributed by atoms with Crippen molar-refractivity contribution in [1.29, 1.82) is 0 Å². The van der Waals surface area contributed by atoms with Crippen molar-refractivity contribution in [2.24, 2.45) is 0 Å². The number of halogens is 4. The van der Waals surface area contributed by atoms with Crippen LogP contribution in [0.1, 0.15) is 5.56 Å². The molecule has 2 aromatic carbocycles. The molecule has 0 bridgehead atoms. The Hall–Kier alpha value is -2.78. The van der Waals surface area contributed by atoms with Crippen LogP contribution in [0, 0.1) is 0 Å². The molecule has 150 valence electrons. The second-order valence-corrected chi connectivity index (χ2v) is 6.14. The molecule has 1 unspecified atom stereocenters. The second kappa shape index (κ2) is 8.49. The van der Waals surface area contributed by atoms with Crippen molar-refractivity contribution in [3.05, 3.63) is 59.1 Å². The largest absolute Gasteiger partial charge is 0.495 e. The van der Waals surface area contributed by atoms with Gasteiger partial charge >= 0.3 is 18.0 Å². The molecule has 0 aromatic heterocycles. The SMILES string of the molecule is COc1ccc(Cl)cc1NC(=O)C(=O)NCC(O)(c1ccccc1)C(F)(F)F. The Morgan fingerprint density at radius 2 is 1.75 bits per heavy atom. The van der Waals surface area contributed by atoms with Crippen LogP contribution in [-0.4, -0.2) is 36.8 Å². The molecule has 0 fully saturated rings. The highest BCUT2D eigenvalue weighted by Gasteiger charge is 2.55. The molecule has 28 heavy (non-hydrogen) atoms. The van der Waals surface area contributed by atoms with E-state index in [2.05, 4.69) is 5.32 Å². The highest BCUT2D eigenvalue weighted by Crippen LogP contribution is 2.38. The van der Waals surface area contributed by atoms with Crippen LogP contribution in [0.5, 0.6) is 5.75 Å². The molecule has 2 rings (SSSR count). The molecule has 6 nitrogen and oxygen atoms in total. The Balaban J connectivity index is 2.13. The van der Waals surface area contributed by atoms with Gasteiger partial charge in [-0.15, -0.1) is 0 Å². The molecule has 0 aliphatic carbocycles. The van der Waals surface area contributed by atoms with Crippen molar-refractivity contribution < 1.29 is 32.6 Å². The fraction of sp³-hybridized carbons (Fsp3) is 0.222. The molecular formula is C18H16ClF3N2O4. The summed E-state index contributed by atoms with van der Waals surface area (Å²) in [5.41, 5.74) is -3.78. The molecule has 0 heterocycles. The van der Waals surface area contributed by atoms with E-state index in [0.29, 0.717) is 0 Å². The Morgan fingerprint density at radius 1 is 1.11 bits per heavy atom. The van der Waals surface area contributed by atoms with Crippen LogP contribution >= 0.6 is 11.6 Å². The quantitative estimate of drug-likeness (QED) is 0.654. The molecule has 0 aliphatic heterocycles. The predicted octanol–water partition coefficient (Wildman–Crippen LogP) is 2.85. The highest BCUT2D eigenvalue weighted by molar-refractivity contribution is 6.40. The average molecular weight is 417 g/mol. The number of rotatable bonds is 5. The van der Waals surface area contributed by atoms with Gasteiger partial charge in [0.15, 0.2) is 0 Å². The van der Waals surface area contributed by atoms with E-state index >= 15 is 0 Å². The first kappa shape index (κ1) is 21.5. The molecule has 0 saturated heterocycles. The van der Waals surface area contributed by atoms with E-state index in [-0.39, 0.29) is 16.5 Å². The highest BCUT2D eigenvalue weighted by atomic mass is 35.5. The molecule has 0 spiro atoms. The summed E-state index contributed by atoms with van der Waals surface area (Å²) in [4.78, 5) is 24.0. The Kier molecular flexibility index (Phi) is 6.52. The van der Waals surface area contributed by atoms with Crippen LogP contribution < -0.4 is 15.4 Å². The van der Waals surface area contributed by atoms with Crippen LogP contribution in [0.3, 0.4) is 0 Å². The van der Waals surface area contributed by atoms with E-state index in [4.69, 9.17) is 16.3 Å². The standard InChI is InChI=1S/C18H16ClF3N2O4/c1-28-14-8-7-12(19)9-13(14)24-16(26)15(25)23-10-17(27,18(20,21)22)11-5-3-2-4-6-11/h2-9,27H,10H2,1H3,(H,23,25)(H,24,26). The summed E-state index contributed by atoms with van der Waals surface area (Å²) in [6.45, 7) is -1.25. The first-order valence-corrected chi connectivity index (χ1v) is 8.23. The van der Waals surface area contributed by atoms with Gasteiger partial charge in [-0.2, -0.15) is 13.2 Å². The summed E-state index contributed by atoms with van der Waals surface area (Å²) in [7, 11) is 1.32. The van der Waals surface area contributed by atoms with Gasteiger partial charge in [0, 0.05) is 5.02 Å². The lowest BCUT2D eigenvalue weighted by molar-refractivity contribution is -0.264. The van der Waals surface area contributed by atoms with E-state index < -0.39 is 35.7 Å². The van der Waals surface area contributed by atoms with Gasteiger partial charge in [0.05, 0.1) is 19.3 Å². The van der Waals surface area contributed by atoms with Gasteiger partial charge in [0.1, 0.15) is 5.75 Å². The number of carbonyl (C=O) groups excluding carboxylic acids is 2. The van der Waals surface area contributed by atoms with E-state index in [9.17, 15) is 27.9 Å². The third-order valence-electron chi connectivity index (χ3n) is 3.84. The maximum Gasteiger partial charge on any atom is 0.423 e. The summed E-state index contributed by atoms with van der Waals surface area (Å²) >= 11 is 5.81. The normalized spacial score (nSPS) is 13.4. The first-order valence-electron chi connectivity index (χ1n) is 7.86. The van der Waals surface area contributed by atoms with Gasteiger partial charge in [-0.1, -0.05) is 41.9 Å². The van der Waals surface area contributed by atoms with Gasteiger partial charge in [-0.05, 0) is 23.8 Å². The van der Waals surface area contributed by atoms with Crippen LogP contribution in [-0.2, 0) is 15.2 Å². The van der Waals surface area contributed by atoms with Crippen molar-refractivity contribution >= 4 is 29.1 Å². The zero-order valence-electron chi connectivity index (χ0n) is 14.5. The molecule has 3 N–H and O–H groups in total. The lowest BCUT2D eigenvalue weighted by Crippen LogP contribution is -2.52. The van der Waals surface area contributed by atoms with Gasteiger partial charge in [-0.25, -0.2) is 0 Å². The molecule has 0 saturated carbocycles. The van der Waals surface area contributed by atoms with Crippen LogP contribution in [0.4, 0.5) is 18.9 Å². The van der Waals surface area contributed by atoms with Crippen LogP contribution in [0.25, 0.3) is 0 Å². The van der Waals surface area contributed by atoms with Crippen LogP contribution in [0.15, 0.2) is 48.5 Å². The number of amides is 2. The van der Waals surface area contributed by atoms with Gasteiger partial charge in [0.2, 0.25) is 5.60 Å². The minimum Gasteiger partial charge on any atom is -0.495 e. The average Bonchev–Trinajstić information content (AvgIpc) is 2.65. The van der Waals surface area contributed by atoms with E-state index in [1.807, 2.05) is 0 Å². The summed E-state index contributed by atoms with van der Waals surface area (Å²) in [6.07, 6.45) is -5.09. The fourth-order valence-corrected chi connectivity index (χ4v) is 2.50. The maximum atomic E-state index is 13.4. The topological polar surface area (TPSA) is 87.7 Å². The first-order chi connectivity index (χ1) is 13.1. The number of benzene rings is 2. The van der Waals surface area contributed by atoms with E-state index in [1.165, 1.54) is 43.5 Å². The van der Waals surface area contributed by atoms with Crippen molar-refractivity contribution in [2.75, 3.05) is 19.0 Å². The Labute approximate surface area is 163 Å². The number of hydrogen-bond acceptors (Lipinski definition) is 4. The molecule has 0 aliphatic rings. The monoisotopic (exact) mass is 416 g/mol. The number of ether oxygens (including phenoxy) is 1. The number of anilines is 1. The van der Waals surface area contributed by atoms with Gasteiger partial charge < -0.3 is 20.5 Å². The van der Waals surface area contributed by atoms with Gasteiger partial charge in [0.25, 0.3) is 0 Å². The summed E-state index contributed by atoms with van der Waals surface area (Å²) in [5, 5.41) is 14.4. The number of methoxy groups -OCH3 is 1. The second-order valence-electron chi connectivity index (χ2n) is 5.71. The summed E-state index contributed by atoms with van der Waals surface area (Å²) in [5.74, 6) is -2.43. The lowest BCUT2D eigenvalue weighted by atomic mass is 9.93. The van der Waals surface area contributed by atoms with Crippen molar-refractivity contribution in [3.8, 4) is 5.75 Å². The van der Waals surface area contributed by atoms with Crippen molar-refractivity contribution in [2.45, 2.75) is 11.8 Å². The zero-order chi connectivity index (χ0) is 20.9. The fourth-order valence-electron chi connectivity index (χ4n) is 2.33.